The SMILES string of the molecule is CC(CC(=O)N1CC(O)(C(=O)O)C1)(NC(=O)OCC1c2ccccc2-c2ccccc21)C1CC1. The maximum absolute atomic E-state index is 12.8. The van der Waals surface area contributed by atoms with Gasteiger partial charge in [-0.2, -0.15) is 0 Å². The topological polar surface area (TPSA) is 116 Å². The second-order valence-electron chi connectivity index (χ2n) is 9.91. The molecule has 178 valence electrons. The molecule has 0 spiro atoms. The van der Waals surface area contributed by atoms with Crippen LogP contribution in [0.25, 0.3) is 11.1 Å². The average Bonchev–Trinajstić information content (AvgIpc) is 3.59. The lowest BCUT2D eigenvalue weighted by molar-refractivity contribution is -0.182. The van der Waals surface area contributed by atoms with Crippen molar-refractivity contribution < 1.29 is 29.3 Å². The quantitative estimate of drug-likeness (QED) is 0.580. The first-order valence-electron chi connectivity index (χ1n) is 11.6. The van der Waals surface area contributed by atoms with E-state index in [4.69, 9.17) is 9.84 Å². The first-order valence-corrected chi connectivity index (χ1v) is 11.6. The van der Waals surface area contributed by atoms with Crippen molar-refractivity contribution >= 4 is 18.0 Å². The summed E-state index contributed by atoms with van der Waals surface area (Å²) in [6.07, 6.45) is 1.24. The summed E-state index contributed by atoms with van der Waals surface area (Å²) in [6, 6.07) is 16.2. The Kier molecular flexibility index (Phi) is 5.36. The monoisotopic (exact) mass is 464 g/mol. The third-order valence-electron chi connectivity index (χ3n) is 7.38. The van der Waals surface area contributed by atoms with E-state index in [0.717, 1.165) is 35.1 Å². The van der Waals surface area contributed by atoms with Crippen molar-refractivity contribution in [3.63, 3.8) is 0 Å². The Morgan fingerprint density at radius 1 is 1.06 bits per heavy atom. The molecule has 1 saturated carbocycles. The van der Waals surface area contributed by atoms with Crippen LogP contribution in [0, 0.1) is 5.92 Å². The number of likely N-dealkylation sites (tertiary alicyclic amines) is 1. The van der Waals surface area contributed by atoms with Gasteiger partial charge in [0.1, 0.15) is 6.61 Å². The molecule has 0 radical (unpaired) electrons. The Bertz CT molecular complexity index is 1110. The molecule has 2 aromatic rings. The van der Waals surface area contributed by atoms with E-state index in [1.807, 2.05) is 31.2 Å². The Morgan fingerprint density at radius 3 is 2.15 bits per heavy atom. The van der Waals surface area contributed by atoms with Gasteiger partial charge in [0.05, 0.1) is 25.0 Å². The van der Waals surface area contributed by atoms with Gasteiger partial charge in [0, 0.05) is 5.92 Å². The second-order valence-corrected chi connectivity index (χ2v) is 9.91. The Morgan fingerprint density at radius 2 is 1.62 bits per heavy atom. The highest BCUT2D eigenvalue weighted by molar-refractivity contribution is 5.86. The van der Waals surface area contributed by atoms with E-state index in [0.29, 0.717) is 0 Å². The summed E-state index contributed by atoms with van der Waals surface area (Å²) in [5.74, 6) is -1.53. The van der Waals surface area contributed by atoms with Gasteiger partial charge in [0.15, 0.2) is 5.60 Å². The van der Waals surface area contributed by atoms with Gasteiger partial charge in [-0.1, -0.05) is 48.5 Å². The number of amides is 2. The fourth-order valence-corrected chi connectivity index (χ4v) is 5.20. The van der Waals surface area contributed by atoms with Crippen LogP contribution in [0.4, 0.5) is 4.79 Å². The third kappa shape index (κ3) is 3.92. The van der Waals surface area contributed by atoms with Gasteiger partial charge in [-0.15, -0.1) is 0 Å². The van der Waals surface area contributed by atoms with E-state index in [2.05, 4.69) is 29.6 Å². The molecular weight excluding hydrogens is 436 g/mol. The Labute approximate surface area is 197 Å². The number of rotatable bonds is 7. The van der Waals surface area contributed by atoms with Crippen molar-refractivity contribution in [3.8, 4) is 11.1 Å². The highest BCUT2D eigenvalue weighted by atomic mass is 16.5. The summed E-state index contributed by atoms with van der Waals surface area (Å²) < 4.78 is 5.67. The Balaban J connectivity index is 1.22. The van der Waals surface area contributed by atoms with Crippen molar-refractivity contribution in [2.75, 3.05) is 19.7 Å². The molecule has 5 rings (SSSR count). The van der Waals surface area contributed by atoms with Gasteiger partial charge in [0.25, 0.3) is 0 Å². The molecule has 8 nitrogen and oxygen atoms in total. The molecule has 2 amide bonds. The van der Waals surface area contributed by atoms with Crippen molar-refractivity contribution in [3.05, 3.63) is 59.7 Å². The number of alkyl carbamates (subject to hydrolysis) is 1. The van der Waals surface area contributed by atoms with Crippen LogP contribution < -0.4 is 5.32 Å². The lowest BCUT2D eigenvalue weighted by Crippen LogP contribution is -2.68. The highest BCUT2D eigenvalue weighted by Gasteiger charge is 2.52. The highest BCUT2D eigenvalue weighted by Crippen LogP contribution is 2.45. The minimum absolute atomic E-state index is 0.0254. The minimum atomic E-state index is -1.88. The number of aliphatic carboxylic acids is 1. The standard InChI is InChI=1S/C26H28N2O6/c1-25(16-10-11-16,12-22(29)28-14-26(33,15-28)23(30)31)27-24(32)34-13-21-19-8-4-2-6-17(19)18-7-3-5-9-20(18)21/h2-9,16,21,33H,10-15H2,1H3,(H,27,32)(H,30,31). The number of hydrogen-bond donors (Lipinski definition) is 3. The van der Waals surface area contributed by atoms with Crippen LogP contribution >= 0.6 is 0 Å². The predicted molar refractivity (Wildman–Crippen MR) is 123 cm³/mol. The molecule has 1 aliphatic heterocycles. The molecule has 1 saturated heterocycles. The molecule has 1 unspecified atom stereocenters. The van der Waals surface area contributed by atoms with Crippen molar-refractivity contribution in [2.24, 2.45) is 5.92 Å². The van der Waals surface area contributed by atoms with Crippen LogP contribution in [0.3, 0.4) is 0 Å². The van der Waals surface area contributed by atoms with Gasteiger partial charge in [-0.05, 0) is 47.9 Å². The van der Waals surface area contributed by atoms with E-state index < -0.39 is 23.2 Å². The number of carbonyl (C=O) groups is 3. The normalized spacial score (nSPS) is 19.9. The summed E-state index contributed by atoms with van der Waals surface area (Å²) in [4.78, 5) is 38.0. The zero-order valence-electron chi connectivity index (χ0n) is 19.0. The van der Waals surface area contributed by atoms with Gasteiger partial charge in [-0.3, -0.25) is 4.79 Å². The number of nitrogens with zero attached hydrogens (tertiary/aromatic N) is 1. The minimum Gasteiger partial charge on any atom is -0.479 e. The van der Waals surface area contributed by atoms with Crippen LogP contribution in [0.5, 0.6) is 0 Å². The molecule has 2 fully saturated rings. The lowest BCUT2D eigenvalue weighted by atomic mass is 9.88. The molecule has 3 aliphatic rings. The Hall–Kier alpha value is -3.39. The van der Waals surface area contributed by atoms with E-state index in [9.17, 15) is 19.5 Å². The number of benzene rings is 2. The van der Waals surface area contributed by atoms with Gasteiger partial charge in [-0.25, -0.2) is 9.59 Å². The number of carboxylic acid groups (broad SMARTS) is 1. The fraction of sp³-hybridized carbons (Fsp3) is 0.423. The van der Waals surface area contributed by atoms with Crippen LogP contribution in [0.2, 0.25) is 0 Å². The smallest absolute Gasteiger partial charge is 0.407 e. The number of ether oxygens (including phenoxy) is 1. The summed E-state index contributed by atoms with van der Waals surface area (Å²) in [7, 11) is 0. The van der Waals surface area contributed by atoms with Crippen molar-refractivity contribution in [1.29, 1.82) is 0 Å². The molecule has 3 N–H and O–H groups in total. The van der Waals surface area contributed by atoms with Gasteiger partial charge in [0.2, 0.25) is 5.91 Å². The molecular formula is C26H28N2O6. The molecule has 2 aromatic carbocycles. The zero-order chi connectivity index (χ0) is 24.1. The third-order valence-corrected chi connectivity index (χ3v) is 7.38. The molecule has 1 atom stereocenters. The van der Waals surface area contributed by atoms with E-state index in [-0.39, 0.29) is 43.9 Å². The number of aliphatic hydroxyl groups is 1. The van der Waals surface area contributed by atoms with E-state index in [1.165, 1.54) is 4.90 Å². The van der Waals surface area contributed by atoms with Crippen LogP contribution in [-0.2, 0) is 14.3 Å². The fourth-order valence-electron chi connectivity index (χ4n) is 5.20. The van der Waals surface area contributed by atoms with Crippen LogP contribution in [-0.4, -0.2) is 63.9 Å². The van der Waals surface area contributed by atoms with Crippen LogP contribution in [0.1, 0.15) is 43.2 Å². The first kappa shape index (κ1) is 22.4. The van der Waals surface area contributed by atoms with Crippen molar-refractivity contribution in [2.45, 2.75) is 43.2 Å². The maximum Gasteiger partial charge on any atom is 0.407 e. The molecule has 2 aliphatic carbocycles. The van der Waals surface area contributed by atoms with Crippen LogP contribution in [0.15, 0.2) is 48.5 Å². The number of nitrogens with one attached hydrogen (secondary N) is 1. The summed E-state index contributed by atoms with van der Waals surface area (Å²) in [5.41, 5.74) is 1.87. The zero-order valence-corrected chi connectivity index (χ0v) is 19.0. The second kappa shape index (κ2) is 8.13. The number of fused-ring (bicyclic) bond motifs is 3. The van der Waals surface area contributed by atoms with E-state index in [1.54, 1.807) is 0 Å². The van der Waals surface area contributed by atoms with Gasteiger partial charge >= 0.3 is 12.1 Å². The van der Waals surface area contributed by atoms with Gasteiger partial charge < -0.3 is 25.2 Å². The number of carboxylic acids is 1. The first-order chi connectivity index (χ1) is 16.2. The number of carbonyl (C=O) groups excluding carboxylic acids is 2. The maximum atomic E-state index is 12.8. The summed E-state index contributed by atoms with van der Waals surface area (Å²) in [6.45, 7) is 1.53. The number of β-amino-alcohol motifs (C(OH)–C–C–N with tert-alkyl or cyclic N) is 1. The summed E-state index contributed by atoms with van der Waals surface area (Å²) >= 11 is 0. The van der Waals surface area contributed by atoms with E-state index >= 15 is 0 Å². The lowest BCUT2D eigenvalue weighted by Gasteiger charge is -2.44. The molecule has 0 bridgehead atoms. The molecule has 1 heterocycles. The molecule has 0 aromatic heterocycles. The molecule has 34 heavy (non-hydrogen) atoms. The predicted octanol–water partition coefficient (Wildman–Crippen LogP) is 2.74. The number of hydrogen-bond acceptors (Lipinski definition) is 5. The average molecular weight is 465 g/mol. The molecule has 8 heteroatoms. The van der Waals surface area contributed by atoms with Crippen molar-refractivity contribution in [1.82, 2.24) is 10.2 Å². The largest absolute Gasteiger partial charge is 0.479 e. The summed E-state index contributed by atoms with van der Waals surface area (Å²) in [5, 5.41) is 21.9.